The third kappa shape index (κ3) is 4.20. The molecule has 144 valence electrons. The molecule has 3 heterocycles. The van der Waals surface area contributed by atoms with Crippen LogP contribution >= 0.6 is 0 Å². The van der Waals surface area contributed by atoms with E-state index in [9.17, 15) is 0 Å². The summed E-state index contributed by atoms with van der Waals surface area (Å²) in [6, 6.07) is 13.2. The second-order valence-corrected chi connectivity index (χ2v) is 7.55. The molecule has 5 heteroatoms. The van der Waals surface area contributed by atoms with Crippen molar-refractivity contribution in [1.82, 2.24) is 19.9 Å². The molecule has 1 aliphatic heterocycles. The van der Waals surface area contributed by atoms with Crippen LogP contribution in [0.4, 0.5) is 5.95 Å². The smallest absolute Gasteiger partial charge is 0.223 e. The Morgan fingerprint density at radius 3 is 2.57 bits per heavy atom. The molecule has 1 N–H and O–H groups in total. The molecular weight excluding hydrogens is 346 g/mol. The lowest BCUT2D eigenvalue weighted by atomic mass is 10.0. The topological polar surface area (TPSA) is 53.9 Å². The number of likely N-dealkylation sites (tertiary alicyclic amines) is 1. The quantitative estimate of drug-likeness (QED) is 0.694. The zero-order valence-electron chi connectivity index (χ0n) is 16.6. The minimum absolute atomic E-state index is 0.667. The van der Waals surface area contributed by atoms with E-state index in [1.807, 2.05) is 18.3 Å². The van der Waals surface area contributed by atoms with Crippen molar-refractivity contribution in [3.05, 3.63) is 60.6 Å². The normalized spacial score (nSPS) is 17.0. The van der Waals surface area contributed by atoms with Crippen LogP contribution in [0.15, 0.2) is 55.0 Å². The Labute approximate surface area is 166 Å². The van der Waals surface area contributed by atoms with E-state index in [2.05, 4.69) is 58.4 Å². The molecule has 0 aliphatic carbocycles. The predicted molar refractivity (Wildman–Crippen MR) is 114 cm³/mol. The highest BCUT2D eigenvalue weighted by Gasteiger charge is 2.20. The second-order valence-electron chi connectivity index (χ2n) is 7.55. The van der Waals surface area contributed by atoms with Crippen LogP contribution in [0.3, 0.4) is 0 Å². The van der Waals surface area contributed by atoms with E-state index in [0.717, 1.165) is 35.3 Å². The van der Waals surface area contributed by atoms with Crippen molar-refractivity contribution in [2.24, 2.45) is 0 Å². The van der Waals surface area contributed by atoms with Crippen LogP contribution < -0.4 is 5.32 Å². The van der Waals surface area contributed by atoms with Crippen molar-refractivity contribution in [2.75, 3.05) is 25.5 Å². The minimum atomic E-state index is 0.667. The molecule has 0 unspecified atom stereocenters. The molecule has 0 bridgehead atoms. The maximum Gasteiger partial charge on any atom is 0.223 e. The highest BCUT2D eigenvalue weighted by molar-refractivity contribution is 5.80. The number of aromatic nitrogens is 3. The van der Waals surface area contributed by atoms with E-state index in [-0.39, 0.29) is 0 Å². The van der Waals surface area contributed by atoms with Gasteiger partial charge < -0.3 is 10.2 Å². The summed E-state index contributed by atoms with van der Waals surface area (Å²) in [4.78, 5) is 16.0. The summed E-state index contributed by atoms with van der Waals surface area (Å²) < 4.78 is 0. The van der Waals surface area contributed by atoms with Crippen molar-refractivity contribution in [1.29, 1.82) is 0 Å². The Hall–Kier alpha value is -2.79. The van der Waals surface area contributed by atoms with Gasteiger partial charge >= 0.3 is 0 Å². The van der Waals surface area contributed by atoms with Crippen molar-refractivity contribution in [3.63, 3.8) is 0 Å². The van der Waals surface area contributed by atoms with Crippen LogP contribution in [-0.2, 0) is 0 Å². The Kier molecular flexibility index (Phi) is 5.63. The molecule has 5 nitrogen and oxygen atoms in total. The number of pyridine rings is 1. The van der Waals surface area contributed by atoms with Gasteiger partial charge in [-0.05, 0) is 57.5 Å². The van der Waals surface area contributed by atoms with Crippen LogP contribution in [0.25, 0.3) is 22.4 Å². The summed E-state index contributed by atoms with van der Waals surface area (Å²) in [6.07, 6.45) is 9.23. The first-order chi connectivity index (χ1) is 13.7. The molecular formula is C23H27N5. The number of hydrogen-bond donors (Lipinski definition) is 1. The van der Waals surface area contributed by atoms with Crippen molar-refractivity contribution in [2.45, 2.75) is 32.2 Å². The minimum Gasteiger partial charge on any atom is -0.354 e. The molecule has 4 rings (SSSR count). The number of nitrogens with zero attached hydrogens (tertiary/aromatic N) is 4. The molecule has 1 saturated heterocycles. The highest BCUT2D eigenvalue weighted by Crippen LogP contribution is 2.30. The number of benzene rings is 1. The van der Waals surface area contributed by atoms with E-state index >= 15 is 0 Å². The lowest BCUT2D eigenvalue weighted by Crippen LogP contribution is -2.27. The van der Waals surface area contributed by atoms with E-state index in [0.29, 0.717) is 12.0 Å². The van der Waals surface area contributed by atoms with Crippen LogP contribution in [0.2, 0.25) is 0 Å². The average molecular weight is 374 g/mol. The molecule has 0 saturated carbocycles. The van der Waals surface area contributed by atoms with E-state index in [1.54, 1.807) is 12.4 Å². The van der Waals surface area contributed by atoms with E-state index in [1.165, 1.54) is 24.9 Å². The summed E-state index contributed by atoms with van der Waals surface area (Å²) in [5, 5.41) is 3.43. The standard InChI is InChI=1S/C23H27N5/c1-17-5-7-19(8-6-17)22-21(18-9-12-24-13-10-18)16-26-23(27-22)25-14-11-20-4-3-15-28(20)2/h5-10,12-13,16,20H,3-4,11,14-15H2,1-2H3,(H,25,26,27)/t20-/m0/s1. The Morgan fingerprint density at radius 1 is 1.07 bits per heavy atom. The van der Waals surface area contributed by atoms with E-state index < -0.39 is 0 Å². The van der Waals surface area contributed by atoms with Crippen molar-refractivity contribution < 1.29 is 0 Å². The van der Waals surface area contributed by atoms with Crippen LogP contribution in [0.5, 0.6) is 0 Å². The Bertz CT molecular complexity index is 908. The van der Waals surface area contributed by atoms with Gasteiger partial charge in [0.2, 0.25) is 5.95 Å². The molecule has 1 fully saturated rings. The van der Waals surface area contributed by atoms with Gasteiger partial charge in [-0.1, -0.05) is 29.8 Å². The molecule has 0 radical (unpaired) electrons. The second kappa shape index (κ2) is 8.48. The number of aryl methyl sites for hydroxylation is 1. The lowest BCUT2D eigenvalue weighted by Gasteiger charge is -2.19. The lowest BCUT2D eigenvalue weighted by molar-refractivity contribution is 0.301. The largest absolute Gasteiger partial charge is 0.354 e. The molecule has 2 aromatic heterocycles. The van der Waals surface area contributed by atoms with Crippen LogP contribution in [0.1, 0.15) is 24.8 Å². The maximum absolute atomic E-state index is 4.88. The van der Waals surface area contributed by atoms with Gasteiger partial charge in [0, 0.05) is 42.3 Å². The summed E-state index contributed by atoms with van der Waals surface area (Å²) in [5.74, 6) is 0.689. The summed E-state index contributed by atoms with van der Waals surface area (Å²) in [5.41, 5.74) is 5.37. The highest BCUT2D eigenvalue weighted by atomic mass is 15.2. The molecule has 1 atom stereocenters. The van der Waals surface area contributed by atoms with Gasteiger partial charge in [0.05, 0.1) is 5.69 Å². The fourth-order valence-electron chi connectivity index (χ4n) is 3.84. The predicted octanol–water partition coefficient (Wildman–Crippen LogP) is 4.41. The molecule has 1 aliphatic rings. The van der Waals surface area contributed by atoms with Gasteiger partial charge in [0.1, 0.15) is 0 Å². The fraction of sp³-hybridized carbons (Fsp3) is 0.348. The molecule has 28 heavy (non-hydrogen) atoms. The third-order valence-electron chi connectivity index (χ3n) is 5.54. The van der Waals surface area contributed by atoms with Crippen LogP contribution in [0, 0.1) is 6.92 Å². The van der Waals surface area contributed by atoms with Gasteiger partial charge in [0.15, 0.2) is 0 Å². The molecule has 0 spiro atoms. The number of nitrogens with one attached hydrogen (secondary N) is 1. The fourth-order valence-corrected chi connectivity index (χ4v) is 3.84. The maximum atomic E-state index is 4.88. The van der Waals surface area contributed by atoms with Gasteiger partial charge in [-0.3, -0.25) is 4.98 Å². The monoisotopic (exact) mass is 373 g/mol. The van der Waals surface area contributed by atoms with Crippen molar-refractivity contribution >= 4 is 5.95 Å². The summed E-state index contributed by atoms with van der Waals surface area (Å²) in [6.45, 7) is 4.19. The molecule has 1 aromatic carbocycles. The average Bonchev–Trinajstić information content (AvgIpc) is 3.14. The molecule has 0 amide bonds. The van der Waals surface area contributed by atoms with Crippen molar-refractivity contribution in [3.8, 4) is 22.4 Å². The molecule has 3 aromatic rings. The summed E-state index contributed by atoms with van der Waals surface area (Å²) >= 11 is 0. The SMILES string of the molecule is Cc1ccc(-c2nc(NCC[C@@H]3CCCN3C)ncc2-c2ccncc2)cc1. The summed E-state index contributed by atoms with van der Waals surface area (Å²) in [7, 11) is 2.22. The van der Waals surface area contributed by atoms with Gasteiger partial charge in [-0.25, -0.2) is 9.97 Å². The zero-order chi connectivity index (χ0) is 19.3. The third-order valence-corrected chi connectivity index (χ3v) is 5.54. The van der Waals surface area contributed by atoms with Gasteiger partial charge in [0.25, 0.3) is 0 Å². The zero-order valence-corrected chi connectivity index (χ0v) is 16.6. The van der Waals surface area contributed by atoms with Crippen LogP contribution in [-0.4, -0.2) is 46.0 Å². The first kappa shape index (κ1) is 18.6. The Balaban J connectivity index is 1.59. The first-order valence-corrected chi connectivity index (χ1v) is 9.99. The van der Waals surface area contributed by atoms with E-state index in [4.69, 9.17) is 4.98 Å². The number of anilines is 1. The first-order valence-electron chi connectivity index (χ1n) is 9.99. The van der Waals surface area contributed by atoms with Gasteiger partial charge in [-0.15, -0.1) is 0 Å². The number of rotatable bonds is 6. The van der Waals surface area contributed by atoms with Gasteiger partial charge in [-0.2, -0.15) is 0 Å². The number of hydrogen-bond acceptors (Lipinski definition) is 5. The Morgan fingerprint density at radius 2 is 1.86 bits per heavy atom.